The highest BCUT2D eigenvalue weighted by atomic mass is 35.5. The molecule has 22 heavy (non-hydrogen) atoms. The van der Waals surface area contributed by atoms with E-state index in [4.69, 9.17) is 16.3 Å². The summed E-state index contributed by atoms with van der Waals surface area (Å²) in [4.78, 5) is 6.53. The van der Waals surface area contributed by atoms with Crippen LogP contribution in [0.1, 0.15) is 37.4 Å². The Morgan fingerprint density at radius 1 is 1.32 bits per heavy atom. The molecular weight excluding hydrogens is 300 g/mol. The number of hydrogen-bond donors (Lipinski definition) is 0. The molecule has 1 atom stereocenters. The average Bonchev–Trinajstić information content (AvgIpc) is 3.09. The minimum atomic E-state index is 0.347. The number of aromatic nitrogens is 3. The molecular formula is C16H21ClN4O. The summed E-state index contributed by atoms with van der Waals surface area (Å²) in [6.45, 7) is 4.33. The molecule has 1 aromatic carbocycles. The second-order valence-corrected chi connectivity index (χ2v) is 6.12. The van der Waals surface area contributed by atoms with Gasteiger partial charge in [0.15, 0.2) is 0 Å². The Hall–Kier alpha value is -1.59. The van der Waals surface area contributed by atoms with Gasteiger partial charge in [-0.15, -0.1) is 0 Å². The van der Waals surface area contributed by atoms with Crippen molar-refractivity contribution in [2.45, 2.75) is 31.8 Å². The first-order valence-electron chi connectivity index (χ1n) is 7.60. The van der Waals surface area contributed by atoms with Crippen LogP contribution in [-0.4, -0.2) is 39.9 Å². The van der Waals surface area contributed by atoms with Crippen molar-refractivity contribution in [2.24, 2.45) is 0 Å². The van der Waals surface area contributed by atoms with Crippen molar-refractivity contribution in [3.63, 3.8) is 0 Å². The van der Waals surface area contributed by atoms with Crippen LogP contribution in [0.2, 0.25) is 5.02 Å². The summed E-state index contributed by atoms with van der Waals surface area (Å²) in [7, 11) is 1.64. The molecule has 1 aromatic heterocycles. The van der Waals surface area contributed by atoms with Gasteiger partial charge in [-0.25, -0.2) is 9.67 Å². The summed E-state index contributed by atoms with van der Waals surface area (Å²) in [6.07, 6.45) is 5.61. The zero-order valence-electron chi connectivity index (χ0n) is 12.9. The smallest absolute Gasteiger partial charge is 0.137 e. The number of halogens is 1. The summed E-state index contributed by atoms with van der Waals surface area (Å²) in [5.41, 5.74) is 1.23. The molecule has 6 heteroatoms. The Kier molecular flexibility index (Phi) is 4.64. The van der Waals surface area contributed by atoms with Crippen molar-refractivity contribution in [1.82, 2.24) is 19.7 Å². The summed E-state index contributed by atoms with van der Waals surface area (Å²) < 4.78 is 7.20. The lowest BCUT2D eigenvalue weighted by molar-refractivity contribution is 0.139. The zero-order chi connectivity index (χ0) is 15.5. The van der Waals surface area contributed by atoms with Gasteiger partial charge in [-0.3, -0.25) is 4.90 Å². The van der Waals surface area contributed by atoms with Gasteiger partial charge in [-0.2, -0.15) is 5.10 Å². The van der Waals surface area contributed by atoms with Gasteiger partial charge in [0.2, 0.25) is 0 Å². The van der Waals surface area contributed by atoms with Crippen LogP contribution in [0.5, 0.6) is 5.75 Å². The predicted octanol–water partition coefficient (Wildman–Crippen LogP) is 3.34. The number of nitrogens with zero attached hydrogens (tertiary/aromatic N) is 4. The number of piperidine rings is 1. The monoisotopic (exact) mass is 320 g/mol. The highest BCUT2D eigenvalue weighted by Gasteiger charge is 2.25. The van der Waals surface area contributed by atoms with Crippen LogP contribution in [0, 0.1) is 0 Å². The first-order chi connectivity index (χ1) is 10.7. The normalized spacial score (nSPS) is 18.3. The van der Waals surface area contributed by atoms with Crippen molar-refractivity contribution in [1.29, 1.82) is 0 Å². The molecule has 3 rings (SSSR count). The molecule has 5 nitrogen and oxygen atoms in total. The highest BCUT2D eigenvalue weighted by molar-refractivity contribution is 6.32. The van der Waals surface area contributed by atoms with Crippen molar-refractivity contribution in [2.75, 3.05) is 20.2 Å². The predicted molar refractivity (Wildman–Crippen MR) is 86.3 cm³/mol. The summed E-state index contributed by atoms with van der Waals surface area (Å²) in [5, 5.41) is 4.93. The number of methoxy groups -OCH3 is 1. The first kappa shape index (κ1) is 15.3. The van der Waals surface area contributed by atoms with Gasteiger partial charge in [-0.1, -0.05) is 17.7 Å². The second-order valence-electron chi connectivity index (χ2n) is 5.71. The molecule has 0 amide bonds. The van der Waals surface area contributed by atoms with Crippen LogP contribution >= 0.6 is 11.6 Å². The minimum absolute atomic E-state index is 0.347. The number of rotatable bonds is 4. The molecule has 0 spiro atoms. The summed E-state index contributed by atoms with van der Waals surface area (Å²) in [6, 6.07) is 6.86. The van der Waals surface area contributed by atoms with Crippen molar-refractivity contribution in [3.05, 3.63) is 41.4 Å². The first-order valence-corrected chi connectivity index (χ1v) is 7.98. The maximum Gasteiger partial charge on any atom is 0.137 e. The molecule has 0 bridgehead atoms. The Morgan fingerprint density at radius 2 is 2.09 bits per heavy atom. The Balaban J connectivity index is 1.64. The third kappa shape index (κ3) is 3.10. The molecule has 0 radical (unpaired) electrons. The van der Waals surface area contributed by atoms with E-state index in [0.717, 1.165) is 31.7 Å². The molecule has 1 saturated heterocycles. The van der Waals surface area contributed by atoms with E-state index in [9.17, 15) is 0 Å². The van der Waals surface area contributed by atoms with Gasteiger partial charge >= 0.3 is 0 Å². The molecule has 1 fully saturated rings. The molecule has 0 saturated carbocycles. The van der Waals surface area contributed by atoms with E-state index in [-0.39, 0.29) is 0 Å². The molecule has 0 aliphatic carbocycles. The van der Waals surface area contributed by atoms with E-state index < -0.39 is 0 Å². The van der Waals surface area contributed by atoms with E-state index in [1.807, 2.05) is 23.1 Å². The third-order valence-corrected chi connectivity index (χ3v) is 4.81. The van der Waals surface area contributed by atoms with Gasteiger partial charge in [0.1, 0.15) is 18.4 Å². The van der Waals surface area contributed by atoms with Crippen LogP contribution in [-0.2, 0) is 0 Å². The Labute approximate surface area is 135 Å². The lowest BCUT2D eigenvalue weighted by Gasteiger charge is -2.36. The topological polar surface area (TPSA) is 43.2 Å². The summed E-state index contributed by atoms with van der Waals surface area (Å²) in [5.74, 6) is 0.725. The third-order valence-electron chi connectivity index (χ3n) is 4.52. The van der Waals surface area contributed by atoms with Gasteiger partial charge in [-0.05, 0) is 37.5 Å². The van der Waals surface area contributed by atoms with Crippen molar-refractivity contribution < 1.29 is 4.74 Å². The second kappa shape index (κ2) is 6.67. The fourth-order valence-corrected chi connectivity index (χ4v) is 3.36. The number of hydrogen-bond acceptors (Lipinski definition) is 4. The minimum Gasteiger partial charge on any atom is -0.495 e. The van der Waals surface area contributed by atoms with Crippen LogP contribution in [0.15, 0.2) is 30.9 Å². The molecule has 0 N–H and O–H groups in total. The van der Waals surface area contributed by atoms with Crippen LogP contribution in [0.3, 0.4) is 0 Å². The van der Waals surface area contributed by atoms with Crippen molar-refractivity contribution >= 4 is 11.6 Å². The Bertz CT molecular complexity index is 609. The van der Waals surface area contributed by atoms with Gasteiger partial charge in [0, 0.05) is 19.1 Å². The molecule has 0 unspecified atom stereocenters. The van der Waals surface area contributed by atoms with Crippen LogP contribution in [0.25, 0.3) is 0 Å². The average molecular weight is 321 g/mol. The largest absolute Gasteiger partial charge is 0.495 e. The SMILES string of the molecule is COc1ccc([C@H](C)N2CCC(n3cncn3)CC2)cc1Cl. The van der Waals surface area contributed by atoms with Crippen LogP contribution in [0.4, 0.5) is 0 Å². The lowest BCUT2D eigenvalue weighted by Crippen LogP contribution is -2.36. The maximum absolute atomic E-state index is 6.24. The van der Waals surface area contributed by atoms with E-state index in [1.165, 1.54) is 5.56 Å². The van der Waals surface area contributed by atoms with E-state index >= 15 is 0 Å². The highest BCUT2D eigenvalue weighted by Crippen LogP contribution is 2.32. The van der Waals surface area contributed by atoms with Gasteiger partial charge in [0.05, 0.1) is 18.2 Å². The van der Waals surface area contributed by atoms with Crippen molar-refractivity contribution in [3.8, 4) is 5.75 Å². The number of benzene rings is 1. The van der Waals surface area contributed by atoms with Gasteiger partial charge < -0.3 is 4.74 Å². The fraction of sp³-hybridized carbons (Fsp3) is 0.500. The zero-order valence-corrected chi connectivity index (χ0v) is 13.7. The molecule has 2 aromatic rings. The molecule has 1 aliphatic heterocycles. The summed E-state index contributed by atoms with van der Waals surface area (Å²) >= 11 is 6.24. The Morgan fingerprint density at radius 3 is 2.68 bits per heavy atom. The lowest BCUT2D eigenvalue weighted by atomic mass is 10.0. The quantitative estimate of drug-likeness (QED) is 0.866. The van der Waals surface area contributed by atoms with E-state index in [0.29, 0.717) is 17.1 Å². The standard InChI is InChI=1S/C16H21ClN4O/c1-12(13-3-4-16(22-2)15(17)9-13)20-7-5-14(6-8-20)21-11-18-10-19-21/h3-4,9-12,14H,5-8H2,1-2H3/t12-/m0/s1. The molecule has 1 aliphatic rings. The maximum atomic E-state index is 6.24. The molecule has 2 heterocycles. The van der Waals surface area contributed by atoms with E-state index in [2.05, 4.69) is 28.0 Å². The van der Waals surface area contributed by atoms with Crippen LogP contribution < -0.4 is 4.74 Å². The number of likely N-dealkylation sites (tertiary alicyclic amines) is 1. The fourth-order valence-electron chi connectivity index (χ4n) is 3.10. The van der Waals surface area contributed by atoms with E-state index in [1.54, 1.807) is 13.4 Å². The number of ether oxygens (including phenoxy) is 1. The molecule has 118 valence electrons. The van der Waals surface area contributed by atoms with Gasteiger partial charge in [0.25, 0.3) is 0 Å².